The molecule has 11 nitrogen and oxygen atoms in total. The van der Waals surface area contributed by atoms with Crippen LogP contribution in [-0.4, -0.2) is 71.5 Å². The van der Waals surface area contributed by atoms with Gasteiger partial charge in [-0.2, -0.15) is 4.31 Å². The number of carbonyl (C=O) groups is 2. The summed E-state index contributed by atoms with van der Waals surface area (Å²) in [5.41, 5.74) is -1.01. The van der Waals surface area contributed by atoms with Crippen LogP contribution < -0.4 is 10.9 Å². The molecule has 0 fully saturated rings. The highest BCUT2D eigenvalue weighted by Gasteiger charge is 2.25. The lowest BCUT2D eigenvalue weighted by atomic mass is 10.1. The molecule has 186 valence electrons. The number of hydrogen-bond donors (Lipinski definition) is 4. The number of carbonyl (C=O) groups excluding carboxylic acids is 1. The predicted molar refractivity (Wildman–Crippen MR) is 130 cm³/mol. The molecule has 0 aliphatic rings. The molecule has 4 N–H and O–H groups in total. The maximum Gasteiger partial charge on any atom is 0.337 e. The lowest BCUT2D eigenvalue weighted by Gasteiger charge is -2.21. The average Bonchev–Trinajstić information content (AvgIpc) is 3.21. The first kappa shape index (κ1) is 26.0. The number of carboxylic acids is 1. The highest BCUT2D eigenvalue weighted by Crippen LogP contribution is 2.28. The van der Waals surface area contributed by atoms with Gasteiger partial charge in [-0.05, 0) is 39.0 Å². The van der Waals surface area contributed by atoms with Crippen LogP contribution in [0.3, 0.4) is 0 Å². The van der Waals surface area contributed by atoms with Crippen LogP contribution >= 0.6 is 0 Å². The second-order valence-electron chi connectivity index (χ2n) is 8.72. The van der Waals surface area contributed by atoms with Crippen LogP contribution in [0.15, 0.2) is 34.1 Å². The monoisotopic (exact) mass is 502 g/mol. The molecule has 2 heterocycles. The molecule has 0 spiro atoms. The van der Waals surface area contributed by atoms with Gasteiger partial charge in [-0.15, -0.1) is 6.42 Å². The van der Waals surface area contributed by atoms with E-state index >= 15 is 0 Å². The van der Waals surface area contributed by atoms with Crippen LogP contribution in [0.25, 0.3) is 21.8 Å². The normalized spacial score (nSPS) is 12.2. The van der Waals surface area contributed by atoms with Crippen molar-refractivity contribution in [3.05, 3.63) is 40.3 Å². The van der Waals surface area contributed by atoms with Gasteiger partial charge in [-0.3, -0.25) is 9.59 Å². The fourth-order valence-electron chi connectivity index (χ4n) is 3.54. The Bertz CT molecular complexity index is 1490. The highest BCUT2D eigenvalue weighted by molar-refractivity contribution is 7.89. The Balaban J connectivity index is 1.90. The molecular formula is C23H26N4O7S. The van der Waals surface area contributed by atoms with Gasteiger partial charge in [-0.1, -0.05) is 5.92 Å². The minimum absolute atomic E-state index is 0.0243. The van der Waals surface area contributed by atoms with Crippen LogP contribution in [0.2, 0.25) is 0 Å². The predicted octanol–water partition coefficient (Wildman–Crippen LogP) is 1.26. The van der Waals surface area contributed by atoms with E-state index in [1.807, 2.05) is 0 Å². The second kappa shape index (κ2) is 9.91. The van der Waals surface area contributed by atoms with Crippen molar-refractivity contribution in [2.75, 3.05) is 26.2 Å². The zero-order valence-corrected chi connectivity index (χ0v) is 20.3. The van der Waals surface area contributed by atoms with Crippen LogP contribution in [-0.2, 0) is 19.6 Å². The van der Waals surface area contributed by atoms with Crippen molar-refractivity contribution in [2.45, 2.75) is 31.3 Å². The van der Waals surface area contributed by atoms with Crippen molar-refractivity contribution in [1.82, 2.24) is 19.6 Å². The number of fused-ring (bicyclic) bond motifs is 3. The number of pyridine rings is 1. The molecular weight excluding hydrogens is 476 g/mol. The van der Waals surface area contributed by atoms with Gasteiger partial charge in [0, 0.05) is 35.6 Å². The molecule has 3 aromatic rings. The third kappa shape index (κ3) is 5.71. The van der Waals surface area contributed by atoms with E-state index in [4.69, 9.17) is 11.2 Å². The van der Waals surface area contributed by atoms with Crippen molar-refractivity contribution < 1.29 is 27.9 Å². The zero-order valence-electron chi connectivity index (χ0n) is 19.5. The molecule has 3 rings (SSSR count). The van der Waals surface area contributed by atoms with Gasteiger partial charge >= 0.3 is 11.9 Å². The molecule has 1 aromatic carbocycles. The number of esters is 1. The van der Waals surface area contributed by atoms with E-state index in [-0.39, 0.29) is 58.4 Å². The van der Waals surface area contributed by atoms with E-state index in [1.54, 1.807) is 20.8 Å². The Labute approximate surface area is 201 Å². The minimum atomic E-state index is -4.09. The van der Waals surface area contributed by atoms with Gasteiger partial charge in [0.1, 0.15) is 11.1 Å². The second-order valence-corrected chi connectivity index (χ2v) is 10.7. The summed E-state index contributed by atoms with van der Waals surface area (Å²) >= 11 is 0. The third-order valence-electron chi connectivity index (χ3n) is 4.98. The van der Waals surface area contributed by atoms with Crippen molar-refractivity contribution in [3.63, 3.8) is 0 Å². The van der Waals surface area contributed by atoms with Crippen LogP contribution in [0.5, 0.6) is 0 Å². The summed E-state index contributed by atoms with van der Waals surface area (Å²) in [6, 6.07) is 4.02. The molecule has 0 bridgehead atoms. The quantitative estimate of drug-likeness (QED) is 0.193. The number of aromatic nitrogens is 2. The van der Waals surface area contributed by atoms with E-state index in [2.05, 4.69) is 21.2 Å². The van der Waals surface area contributed by atoms with Gasteiger partial charge in [0.25, 0.3) is 5.56 Å². The SMILES string of the molecule is C#CCN(CCNCC(=O)OC(C)(C)C)S(=O)(=O)c1ccc2[nH]c(=O)c3[nH]cc(C(=O)O)c3c2c1. The summed E-state index contributed by atoms with van der Waals surface area (Å²) in [5, 5.41) is 12.7. The molecule has 2 aromatic heterocycles. The molecule has 0 aliphatic carbocycles. The van der Waals surface area contributed by atoms with E-state index in [9.17, 15) is 27.9 Å². The Morgan fingerprint density at radius 1 is 1.29 bits per heavy atom. The lowest BCUT2D eigenvalue weighted by Crippen LogP contribution is -2.39. The minimum Gasteiger partial charge on any atom is -0.478 e. The topological polar surface area (TPSA) is 162 Å². The fraction of sp³-hybridized carbons (Fsp3) is 0.348. The average molecular weight is 503 g/mol. The maximum absolute atomic E-state index is 13.4. The number of benzene rings is 1. The van der Waals surface area contributed by atoms with Gasteiger partial charge in [0.05, 0.1) is 23.5 Å². The molecule has 0 unspecified atom stereocenters. The number of sulfonamides is 1. The van der Waals surface area contributed by atoms with Crippen LogP contribution in [0.1, 0.15) is 31.1 Å². The molecule has 0 radical (unpaired) electrons. The first-order valence-electron chi connectivity index (χ1n) is 10.6. The van der Waals surface area contributed by atoms with Gasteiger partial charge < -0.3 is 25.1 Å². The summed E-state index contributed by atoms with van der Waals surface area (Å²) in [5.74, 6) is 0.578. The Hall–Kier alpha value is -3.66. The Morgan fingerprint density at radius 2 is 2.00 bits per heavy atom. The van der Waals surface area contributed by atoms with Crippen molar-refractivity contribution >= 4 is 43.8 Å². The van der Waals surface area contributed by atoms with Crippen LogP contribution in [0.4, 0.5) is 0 Å². The summed E-state index contributed by atoms with van der Waals surface area (Å²) in [6.45, 7) is 5.00. The maximum atomic E-state index is 13.4. The molecule has 0 saturated carbocycles. The molecule has 0 aliphatic heterocycles. The summed E-state index contributed by atoms with van der Waals surface area (Å²) < 4.78 is 33.0. The van der Waals surface area contributed by atoms with Gasteiger partial charge in [-0.25, -0.2) is 13.2 Å². The van der Waals surface area contributed by atoms with Crippen LogP contribution in [0, 0.1) is 12.3 Å². The number of hydrogen-bond acceptors (Lipinski definition) is 7. The number of nitrogens with one attached hydrogen (secondary N) is 3. The van der Waals surface area contributed by atoms with E-state index in [1.165, 1.54) is 24.4 Å². The number of rotatable bonds is 9. The highest BCUT2D eigenvalue weighted by atomic mass is 32.2. The summed E-state index contributed by atoms with van der Waals surface area (Å²) in [6.07, 6.45) is 6.57. The number of aromatic amines is 2. The molecule has 0 amide bonds. The third-order valence-corrected chi connectivity index (χ3v) is 6.82. The van der Waals surface area contributed by atoms with E-state index < -0.39 is 33.1 Å². The molecule has 12 heteroatoms. The Kier molecular flexibility index (Phi) is 7.35. The smallest absolute Gasteiger partial charge is 0.337 e. The molecule has 0 atom stereocenters. The van der Waals surface area contributed by atoms with Crippen molar-refractivity contribution in [3.8, 4) is 12.3 Å². The standard InChI is InChI=1S/C23H26N4O7S/c1-5-9-27(10-8-24-13-18(28)34-23(2,3)4)35(32,33)14-6-7-17-15(11-14)19-16(22(30)31)12-25-20(19)21(29)26-17/h1,6-7,11-12,24-25H,8-10,13H2,2-4H3,(H,26,29)(H,30,31). The number of H-pyrrole nitrogens is 2. The number of nitrogens with zero attached hydrogens (tertiary/aromatic N) is 1. The zero-order chi connectivity index (χ0) is 26.0. The first-order valence-corrected chi connectivity index (χ1v) is 12.1. The largest absolute Gasteiger partial charge is 0.478 e. The van der Waals surface area contributed by atoms with Gasteiger partial charge in [0.2, 0.25) is 10.0 Å². The summed E-state index contributed by atoms with van der Waals surface area (Å²) in [7, 11) is -4.09. The summed E-state index contributed by atoms with van der Waals surface area (Å²) in [4.78, 5) is 40.9. The number of carboxylic acid groups (broad SMARTS) is 1. The van der Waals surface area contributed by atoms with Crippen molar-refractivity contribution in [1.29, 1.82) is 0 Å². The Morgan fingerprint density at radius 3 is 2.63 bits per heavy atom. The first-order chi connectivity index (χ1) is 16.3. The molecule has 0 saturated heterocycles. The molecule has 35 heavy (non-hydrogen) atoms. The van der Waals surface area contributed by atoms with Gasteiger partial charge in [0.15, 0.2) is 0 Å². The number of ether oxygens (including phenoxy) is 1. The fourth-order valence-corrected chi connectivity index (χ4v) is 4.92. The number of terminal acetylenes is 1. The van der Waals surface area contributed by atoms with E-state index in [0.29, 0.717) is 0 Å². The van der Waals surface area contributed by atoms with Crippen molar-refractivity contribution in [2.24, 2.45) is 0 Å². The lowest BCUT2D eigenvalue weighted by molar-refractivity contribution is -0.153. The van der Waals surface area contributed by atoms with E-state index in [0.717, 1.165) is 4.31 Å². The number of aromatic carboxylic acids is 1.